The van der Waals surface area contributed by atoms with E-state index in [1.54, 1.807) is 71.9 Å². The SMILES string of the molecule is CC(C)[C@@H](CN(C(=O)C(Cl)Cl)c1cccc(-c2ccno2)c1)NC(=O)[C@H](CCC(=O)OC(C)(C)C)NC(=O)OC(C)(C)C. The highest BCUT2D eigenvalue weighted by Gasteiger charge is 2.31. The molecule has 0 radical (unpaired) electrons. The standard InChI is InChI=1S/C30H42Cl2N4O7/c1-18(2)22(17-36(27(39)25(31)32)20-11-9-10-19(16-20)23-14-15-33-43-23)34-26(38)21(35-28(40)42-30(6,7)8)12-13-24(37)41-29(3,4)5/h9-11,14-16,18,21-22,25H,12-13,17H2,1-8H3,(H,34,38)(H,35,40)/t21-,22+/m0/s1. The van der Waals surface area contributed by atoms with Crippen molar-refractivity contribution in [3.63, 3.8) is 0 Å². The van der Waals surface area contributed by atoms with Gasteiger partial charge in [0, 0.05) is 36.3 Å². The number of hydrogen-bond donors (Lipinski definition) is 2. The monoisotopic (exact) mass is 640 g/mol. The van der Waals surface area contributed by atoms with Crippen LogP contribution >= 0.6 is 23.2 Å². The van der Waals surface area contributed by atoms with Gasteiger partial charge in [0.05, 0.1) is 6.20 Å². The number of carbonyl (C=O) groups excluding carboxylic acids is 4. The van der Waals surface area contributed by atoms with E-state index in [-0.39, 0.29) is 25.3 Å². The molecule has 0 saturated heterocycles. The molecule has 0 aliphatic rings. The second kappa shape index (κ2) is 15.4. The minimum atomic E-state index is -1.37. The van der Waals surface area contributed by atoms with Gasteiger partial charge in [-0.3, -0.25) is 14.4 Å². The van der Waals surface area contributed by atoms with Crippen LogP contribution < -0.4 is 15.5 Å². The Labute approximate surface area is 262 Å². The van der Waals surface area contributed by atoms with Gasteiger partial charge in [-0.05, 0) is 66.0 Å². The maximum atomic E-state index is 13.6. The van der Waals surface area contributed by atoms with Crippen LogP contribution in [0.5, 0.6) is 0 Å². The summed E-state index contributed by atoms with van der Waals surface area (Å²) in [5.74, 6) is -1.35. The number of carbonyl (C=O) groups is 4. The molecule has 0 unspecified atom stereocenters. The molecule has 0 fully saturated rings. The fourth-order valence-electron chi connectivity index (χ4n) is 3.91. The molecule has 43 heavy (non-hydrogen) atoms. The zero-order chi connectivity index (χ0) is 32.5. The van der Waals surface area contributed by atoms with Crippen molar-refractivity contribution in [2.75, 3.05) is 11.4 Å². The second-order valence-electron chi connectivity index (χ2n) is 12.4. The molecule has 1 heterocycles. The normalized spacial score (nSPS) is 13.3. The maximum Gasteiger partial charge on any atom is 0.408 e. The largest absolute Gasteiger partial charge is 0.460 e. The van der Waals surface area contributed by atoms with Crippen LogP contribution in [0.3, 0.4) is 0 Å². The lowest BCUT2D eigenvalue weighted by atomic mass is 10.0. The molecule has 0 spiro atoms. The van der Waals surface area contributed by atoms with E-state index in [4.69, 9.17) is 37.2 Å². The number of alkyl carbamates (subject to hydrolysis) is 1. The van der Waals surface area contributed by atoms with Crippen molar-refractivity contribution in [3.8, 4) is 11.3 Å². The quantitative estimate of drug-likeness (QED) is 0.224. The molecular formula is C30H42Cl2N4O7. The molecule has 0 aliphatic heterocycles. The highest BCUT2D eigenvalue weighted by atomic mass is 35.5. The fraction of sp³-hybridized carbons (Fsp3) is 0.567. The number of alkyl halides is 2. The van der Waals surface area contributed by atoms with E-state index >= 15 is 0 Å². The van der Waals surface area contributed by atoms with Gasteiger partial charge in [-0.1, -0.05) is 54.3 Å². The van der Waals surface area contributed by atoms with Gasteiger partial charge >= 0.3 is 12.1 Å². The topological polar surface area (TPSA) is 140 Å². The van der Waals surface area contributed by atoms with Crippen molar-refractivity contribution in [1.82, 2.24) is 15.8 Å². The average molecular weight is 642 g/mol. The van der Waals surface area contributed by atoms with Gasteiger partial charge < -0.3 is 29.5 Å². The number of nitrogens with one attached hydrogen (secondary N) is 2. The first kappa shape index (κ1) is 35.9. The van der Waals surface area contributed by atoms with E-state index in [2.05, 4.69) is 15.8 Å². The molecule has 238 valence electrons. The Kier molecular flexibility index (Phi) is 12.9. The lowest BCUT2D eigenvalue weighted by Crippen LogP contribution is -2.55. The molecule has 0 saturated carbocycles. The van der Waals surface area contributed by atoms with Crippen LogP contribution in [0, 0.1) is 5.92 Å². The van der Waals surface area contributed by atoms with Crippen molar-refractivity contribution in [1.29, 1.82) is 0 Å². The van der Waals surface area contributed by atoms with Crippen LogP contribution in [0.4, 0.5) is 10.5 Å². The maximum absolute atomic E-state index is 13.6. The van der Waals surface area contributed by atoms with E-state index in [0.29, 0.717) is 17.0 Å². The summed E-state index contributed by atoms with van der Waals surface area (Å²) in [5.41, 5.74) is -0.377. The predicted octanol–water partition coefficient (Wildman–Crippen LogP) is 5.63. The van der Waals surface area contributed by atoms with Gasteiger partial charge in [-0.25, -0.2) is 4.79 Å². The van der Waals surface area contributed by atoms with Gasteiger partial charge in [0.15, 0.2) is 10.6 Å². The summed E-state index contributed by atoms with van der Waals surface area (Å²) in [7, 11) is 0. The molecule has 11 nitrogen and oxygen atoms in total. The summed E-state index contributed by atoms with van der Waals surface area (Å²) < 4.78 is 16.0. The number of ether oxygens (including phenoxy) is 2. The number of amides is 3. The number of hydrogen-bond acceptors (Lipinski definition) is 8. The number of rotatable bonds is 12. The minimum Gasteiger partial charge on any atom is -0.460 e. The summed E-state index contributed by atoms with van der Waals surface area (Å²) >= 11 is 12.0. The van der Waals surface area contributed by atoms with Crippen LogP contribution in [0.1, 0.15) is 68.2 Å². The molecule has 3 amide bonds. The van der Waals surface area contributed by atoms with Crippen LogP contribution in [0.2, 0.25) is 0 Å². The van der Waals surface area contributed by atoms with Gasteiger partial charge in [-0.2, -0.15) is 0 Å². The van der Waals surface area contributed by atoms with Crippen LogP contribution in [-0.4, -0.2) is 63.7 Å². The van der Waals surface area contributed by atoms with Crippen LogP contribution in [0.15, 0.2) is 41.1 Å². The van der Waals surface area contributed by atoms with Crippen molar-refractivity contribution in [2.24, 2.45) is 5.92 Å². The first-order valence-corrected chi connectivity index (χ1v) is 14.9. The molecule has 13 heteroatoms. The lowest BCUT2D eigenvalue weighted by molar-refractivity contribution is -0.155. The third-order valence-electron chi connectivity index (χ3n) is 5.91. The molecule has 0 bridgehead atoms. The number of esters is 1. The third kappa shape index (κ3) is 12.4. The average Bonchev–Trinajstić information content (AvgIpc) is 3.41. The molecule has 0 aliphatic carbocycles. The summed E-state index contributed by atoms with van der Waals surface area (Å²) in [6.45, 7) is 14.0. The zero-order valence-corrected chi connectivity index (χ0v) is 27.4. The fourth-order valence-corrected chi connectivity index (χ4v) is 4.14. The molecule has 2 rings (SSSR count). The smallest absolute Gasteiger partial charge is 0.408 e. The summed E-state index contributed by atoms with van der Waals surface area (Å²) in [6, 6.07) is 6.92. The van der Waals surface area contributed by atoms with Crippen molar-refractivity contribution < 1.29 is 33.2 Å². The molecular weight excluding hydrogens is 599 g/mol. The number of anilines is 1. The Morgan fingerprint density at radius 3 is 2.16 bits per heavy atom. The van der Waals surface area contributed by atoms with Gasteiger partial charge in [-0.15, -0.1) is 0 Å². The summed E-state index contributed by atoms with van der Waals surface area (Å²) in [4.78, 5) is 51.8. The number of nitrogens with zero attached hydrogens (tertiary/aromatic N) is 2. The predicted molar refractivity (Wildman–Crippen MR) is 165 cm³/mol. The molecule has 1 aromatic carbocycles. The zero-order valence-electron chi connectivity index (χ0n) is 25.9. The first-order chi connectivity index (χ1) is 19.9. The van der Waals surface area contributed by atoms with Gasteiger partial charge in [0.2, 0.25) is 5.91 Å². The van der Waals surface area contributed by atoms with Crippen molar-refractivity contribution >= 4 is 52.8 Å². The highest BCUT2D eigenvalue weighted by Crippen LogP contribution is 2.27. The second-order valence-corrected chi connectivity index (χ2v) is 13.5. The highest BCUT2D eigenvalue weighted by molar-refractivity contribution is 6.54. The number of halogens is 2. The Balaban J connectivity index is 2.32. The van der Waals surface area contributed by atoms with Crippen LogP contribution in [-0.2, 0) is 23.9 Å². The van der Waals surface area contributed by atoms with E-state index in [9.17, 15) is 19.2 Å². The van der Waals surface area contributed by atoms with Crippen molar-refractivity contribution in [3.05, 3.63) is 36.5 Å². The van der Waals surface area contributed by atoms with E-state index < -0.39 is 52.0 Å². The lowest BCUT2D eigenvalue weighted by Gasteiger charge is -2.32. The van der Waals surface area contributed by atoms with Crippen LogP contribution in [0.25, 0.3) is 11.3 Å². The number of aromatic nitrogens is 1. The molecule has 2 N–H and O–H groups in total. The Morgan fingerprint density at radius 1 is 0.977 bits per heavy atom. The van der Waals surface area contributed by atoms with Gasteiger partial charge in [0.1, 0.15) is 17.2 Å². The van der Waals surface area contributed by atoms with E-state index in [1.807, 2.05) is 13.8 Å². The third-order valence-corrected chi connectivity index (χ3v) is 6.28. The molecule has 2 aromatic rings. The summed E-state index contributed by atoms with van der Waals surface area (Å²) in [5, 5.41) is 9.22. The van der Waals surface area contributed by atoms with Gasteiger partial charge in [0.25, 0.3) is 5.91 Å². The molecule has 2 atom stereocenters. The Hall–Kier alpha value is -3.31. The Bertz CT molecular complexity index is 1240. The van der Waals surface area contributed by atoms with Crippen molar-refractivity contribution in [2.45, 2.75) is 96.4 Å². The minimum absolute atomic E-state index is 0.00324. The number of benzene rings is 1. The van der Waals surface area contributed by atoms with E-state index in [0.717, 1.165) is 0 Å². The van der Waals surface area contributed by atoms with E-state index in [1.165, 1.54) is 11.1 Å². The Morgan fingerprint density at radius 2 is 1.63 bits per heavy atom. The first-order valence-electron chi connectivity index (χ1n) is 14.0. The molecule has 1 aromatic heterocycles. The summed E-state index contributed by atoms with van der Waals surface area (Å²) in [6.07, 6.45) is 0.522.